The van der Waals surface area contributed by atoms with Crippen LogP contribution in [0.4, 0.5) is 0 Å². The standard InChI is InChI=1S/C32H39BrN2O3/c1-23(2)20-34-31(37)28(19-24-11-7-6-8-12-24)35(21-25-15-17-26(33)18-16-25)30(36)22-38-29-14-10-9-13-27(29)32(3,4)5/h6-18,23,28H,19-22H2,1-5H3,(H,34,37)/t28-/m0/s1. The molecule has 0 aliphatic rings. The van der Waals surface area contributed by atoms with Crippen LogP contribution in [0.15, 0.2) is 83.3 Å². The first-order chi connectivity index (χ1) is 18.0. The molecule has 0 bridgehead atoms. The molecule has 6 heteroatoms. The highest BCUT2D eigenvalue weighted by molar-refractivity contribution is 9.10. The average molecular weight is 580 g/mol. The second-order valence-corrected chi connectivity index (χ2v) is 11.9. The molecule has 3 rings (SSSR count). The summed E-state index contributed by atoms with van der Waals surface area (Å²) in [5.41, 5.74) is 2.82. The highest BCUT2D eigenvalue weighted by Gasteiger charge is 2.31. The van der Waals surface area contributed by atoms with Gasteiger partial charge < -0.3 is 15.0 Å². The number of amides is 2. The van der Waals surface area contributed by atoms with Crippen LogP contribution in [0.25, 0.3) is 0 Å². The highest BCUT2D eigenvalue weighted by Crippen LogP contribution is 2.31. The Morgan fingerprint density at radius 1 is 0.895 bits per heavy atom. The third-order valence-electron chi connectivity index (χ3n) is 6.27. The largest absolute Gasteiger partial charge is 0.483 e. The van der Waals surface area contributed by atoms with Crippen molar-refractivity contribution in [2.75, 3.05) is 13.2 Å². The highest BCUT2D eigenvalue weighted by atomic mass is 79.9. The second-order valence-electron chi connectivity index (χ2n) is 11.0. The monoisotopic (exact) mass is 578 g/mol. The molecule has 5 nitrogen and oxygen atoms in total. The minimum absolute atomic E-state index is 0.136. The Balaban J connectivity index is 1.93. The molecule has 0 unspecified atom stereocenters. The number of hydrogen-bond donors (Lipinski definition) is 1. The van der Waals surface area contributed by atoms with Crippen molar-refractivity contribution in [3.63, 3.8) is 0 Å². The normalized spacial score (nSPS) is 12.2. The third-order valence-corrected chi connectivity index (χ3v) is 6.80. The number of ether oxygens (including phenoxy) is 1. The molecule has 3 aromatic carbocycles. The first-order valence-corrected chi connectivity index (χ1v) is 13.9. The van der Waals surface area contributed by atoms with E-state index in [4.69, 9.17) is 4.74 Å². The topological polar surface area (TPSA) is 58.6 Å². The first kappa shape index (κ1) is 29.4. The summed E-state index contributed by atoms with van der Waals surface area (Å²) < 4.78 is 7.07. The predicted octanol–water partition coefficient (Wildman–Crippen LogP) is 6.54. The van der Waals surface area contributed by atoms with Gasteiger partial charge in [-0.05, 0) is 46.2 Å². The molecule has 2 amide bonds. The number of carbonyl (C=O) groups is 2. The number of rotatable bonds is 11. The lowest BCUT2D eigenvalue weighted by molar-refractivity contribution is -0.142. The number of nitrogens with zero attached hydrogens (tertiary/aromatic N) is 1. The van der Waals surface area contributed by atoms with Gasteiger partial charge in [-0.3, -0.25) is 9.59 Å². The Kier molecular flexibility index (Phi) is 10.5. The van der Waals surface area contributed by atoms with E-state index >= 15 is 0 Å². The summed E-state index contributed by atoms with van der Waals surface area (Å²) in [7, 11) is 0. The Morgan fingerprint density at radius 3 is 2.16 bits per heavy atom. The SMILES string of the molecule is CC(C)CNC(=O)[C@H](Cc1ccccc1)N(Cc1ccc(Br)cc1)C(=O)COc1ccccc1C(C)(C)C. The van der Waals surface area contributed by atoms with Gasteiger partial charge >= 0.3 is 0 Å². The molecule has 202 valence electrons. The Bertz CT molecular complexity index is 1190. The lowest BCUT2D eigenvalue weighted by Crippen LogP contribution is -2.52. The molecular weight excluding hydrogens is 540 g/mol. The number of para-hydroxylation sites is 1. The van der Waals surface area contributed by atoms with Crippen LogP contribution >= 0.6 is 15.9 Å². The maximum absolute atomic E-state index is 13.8. The van der Waals surface area contributed by atoms with Crippen molar-refractivity contribution in [2.45, 2.75) is 59.0 Å². The third kappa shape index (κ3) is 8.73. The Hall–Kier alpha value is -3.12. The van der Waals surface area contributed by atoms with Crippen LogP contribution in [0.5, 0.6) is 5.75 Å². The zero-order valence-corrected chi connectivity index (χ0v) is 24.6. The lowest BCUT2D eigenvalue weighted by atomic mass is 9.86. The number of halogens is 1. The molecule has 1 atom stereocenters. The number of carbonyl (C=O) groups excluding carboxylic acids is 2. The molecule has 0 spiro atoms. The van der Waals surface area contributed by atoms with Crippen LogP contribution in [0.1, 0.15) is 51.3 Å². The van der Waals surface area contributed by atoms with Crippen LogP contribution in [0.3, 0.4) is 0 Å². The maximum Gasteiger partial charge on any atom is 0.261 e. The first-order valence-electron chi connectivity index (χ1n) is 13.1. The Labute approximate surface area is 235 Å². The molecule has 0 radical (unpaired) electrons. The predicted molar refractivity (Wildman–Crippen MR) is 157 cm³/mol. The van der Waals surface area contributed by atoms with Crippen molar-refractivity contribution in [1.29, 1.82) is 0 Å². The minimum Gasteiger partial charge on any atom is -0.483 e. The fourth-order valence-corrected chi connectivity index (χ4v) is 4.46. The maximum atomic E-state index is 13.8. The van der Waals surface area contributed by atoms with Gasteiger partial charge in [-0.2, -0.15) is 0 Å². The fraction of sp³-hybridized carbons (Fsp3) is 0.375. The van der Waals surface area contributed by atoms with E-state index in [-0.39, 0.29) is 23.8 Å². The van der Waals surface area contributed by atoms with Gasteiger partial charge in [0.05, 0.1) is 0 Å². The molecule has 0 aliphatic heterocycles. The molecule has 0 aliphatic carbocycles. The lowest BCUT2D eigenvalue weighted by Gasteiger charge is -2.32. The van der Waals surface area contributed by atoms with Crippen LogP contribution in [0.2, 0.25) is 0 Å². The zero-order chi connectivity index (χ0) is 27.7. The molecular formula is C32H39BrN2O3. The Morgan fingerprint density at radius 2 is 1.53 bits per heavy atom. The summed E-state index contributed by atoms with van der Waals surface area (Å²) in [6.45, 7) is 11.1. The van der Waals surface area contributed by atoms with E-state index in [9.17, 15) is 9.59 Å². The molecule has 0 aromatic heterocycles. The molecule has 1 N–H and O–H groups in total. The molecule has 0 saturated heterocycles. The quantitative estimate of drug-likeness (QED) is 0.281. The second kappa shape index (κ2) is 13.6. The summed E-state index contributed by atoms with van der Waals surface area (Å²) in [6, 6.07) is 24.8. The van der Waals surface area contributed by atoms with Gasteiger partial charge in [-0.1, -0.05) is 111 Å². The van der Waals surface area contributed by atoms with E-state index in [1.54, 1.807) is 4.90 Å². The van der Waals surface area contributed by atoms with Crippen molar-refractivity contribution >= 4 is 27.7 Å². The van der Waals surface area contributed by atoms with E-state index < -0.39 is 6.04 Å². The van der Waals surface area contributed by atoms with E-state index in [0.29, 0.717) is 31.2 Å². The van der Waals surface area contributed by atoms with E-state index in [1.807, 2.05) is 78.9 Å². The van der Waals surface area contributed by atoms with Crippen molar-refractivity contribution in [3.05, 3.63) is 100 Å². The number of benzene rings is 3. The zero-order valence-electron chi connectivity index (χ0n) is 23.0. The van der Waals surface area contributed by atoms with E-state index in [0.717, 1.165) is 21.2 Å². The summed E-state index contributed by atoms with van der Waals surface area (Å²) in [5.74, 6) is 0.574. The molecule has 0 fully saturated rings. The fourth-order valence-electron chi connectivity index (χ4n) is 4.20. The number of nitrogens with one attached hydrogen (secondary N) is 1. The summed E-state index contributed by atoms with van der Waals surface area (Å²) in [5, 5.41) is 3.05. The van der Waals surface area contributed by atoms with Gasteiger partial charge in [0.2, 0.25) is 5.91 Å². The van der Waals surface area contributed by atoms with Gasteiger partial charge in [0.25, 0.3) is 5.91 Å². The van der Waals surface area contributed by atoms with E-state index in [1.165, 1.54) is 0 Å². The van der Waals surface area contributed by atoms with Gasteiger partial charge in [0.1, 0.15) is 11.8 Å². The smallest absolute Gasteiger partial charge is 0.261 e. The average Bonchev–Trinajstić information content (AvgIpc) is 2.89. The summed E-state index contributed by atoms with van der Waals surface area (Å²) in [6.07, 6.45) is 0.408. The van der Waals surface area contributed by atoms with Gasteiger partial charge in [-0.15, -0.1) is 0 Å². The van der Waals surface area contributed by atoms with Gasteiger partial charge in [-0.25, -0.2) is 0 Å². The summed E-state index contributed by atoms with van der Waals surface area (Å²) >= 11 is 3.48. The number of hydrogen-bond acceptors (Lipinski definition) is 3. The molecule has 38 heavy (non-hydrogen) atoms. The van der Waals surface area contributed by atoms with Crippen LogP contribution < -0.4 is 10.1 Å². The molecule has 0 heterocycles. The van der Waals surface area contributed by atoms with Crippen molar-refractivity contribution in [2.24, 2.45) is 5.92 Å². The van der Waals surface area contributed by atoms with Crippen LogP contribution in [-0.4, -0.2) is 35.9 Å². The van der Waals surface area contributed by atoms with Crippen molar-refractivity contribution in [1.82, 2.24) is 10.2 Å². The summed E-state index contributed by atoms with van der Waals surface area (Å²) in [4.78, 5) is 29.0. The van der Waals surface area contributed by atoms with Crippen molar-refractivity contribution < 1.29 is 14.3 Å². The molecule has 3 aromatic rings. The van der Waals surface area contributed by atoms with Crippen LogP contribution in [0, 0.1) is 5.92 Å². The van der Waals surface area contributed by atoms with Gasteiger partial charge in [0.15, 0.2) is 6.61 Å². The molecule has 0 saturated carbocycles. The minimum atomic E-state index is -0.686. The van der Waals surface area contributed by atoms with Gasteiger partial charge in [0, 0.05) is 24.0 Å². The van der Waals surface area contributed by atoms with E-state index in [2.05, 4.69) is 55.9 Å². The van der Waals surface area contributed by atoms with Crippen LogP contribution in [-0.2, 0) is 28.0 Å². The van der Waals surface area contributed by atoms with Crippen molar-refractivity contribution in [3.8, 4) is 5.75 Å².